The molecule has 156 valence electrons. The Kier molecular flexibility index (Phi) is 6.98. The van der Waals surface area contributed by atoms with Gasteiger partial charge in [-0.25, -0.2) is 4.79 Å². The van der Waals surface area contributed by atoms with E-state index in [0.717, 1.165) is 14.7 Å². The molecule has 0 radical (unpaired) electrons. The third-order valence-electron chi connectivity index (χ3n) is 4.44. The van der Waals surface area contributed by atoms with Gasteiger partial charge in [0.05, 0.1) is 13.5 Å². The van der Waals surface area contributed by atoms with Crippen molar-refractivity contribution in [2.24, 2.45) is 7.05 Å². The molecule has 0 amide bonds. The standard InChI is InChI=1S/C20H25N3O6/c1-5-8-23-18(21)17(19(26)22(3)20(23)27)14(24)11-29-16(25)10-13-9-12(2)6-7-15(13)28-4/h6-7,9H,5,8,10-11,21H2,1-4H3. The molecule has 29 heavy (non-hydrogen) atoms. The molecule has 1 aromatic carbocycles. The predicted octanol–water partition coefficient (Wildman–Crippen LogP) is 0.825. The Balaban J connectivity index is 2.20. The van der Waals surface area contributed by atoms with E-state index in [9.17, 15) is 19.2 Å². The number of carbonyl (C=O) groups excluding carboxylic acids is 2. The number of benzene rings is 1. The molecule has 0 unspecified atom stereocenters. The van der Waals surface area contributed by atoms with E-state index in [2.05, 4.69) is 0 Å². The molecule has 0 aliphatic carbocycles. The summed E-state index contributed by atoms with van der Waals surface area (Å²) in [6.07, 6.45) is 0.490. The summed E-state index contributed by atoms with van der Waals surface area (Å²) in [6, 6.07) is 5.38. The molecule has 9 nitrogen and oxygen atoms in total. The maximum absolute atomic E-state index is 12.5. The summed E-state index contributed by atoms with van der Waals surface area (Å²) >= 11 is 0. The van der Waals surface area contributed by atoms with Gasteiger partial charge >= 0.3 is 11.7 Å². The predicted molar refractivity (Wildman–Crippen MR) is 107 cm³/mol. The van der Waals surface area contributed by atoms with Crippen LogP contribution in [0.25, 0.3) is 0 Å². The highest BCUT2D eigenvalue weighted by atomic mass is 16.5. The summed E-state index contributed by atoms with van der Waals surface area (Å²) in [4.78, 5) is 49.2. The SMILES string of the molecule is CCCn1c(N)c(C(=O)COC(=O)Cc2cc(C)ccc2OC)c(=O)n(C)c1=O. The van der Waals surface area contributed by atoms with E-state index in [1.807, 2.05) is 19.9 Å². The van der Waals surface area contributed by atoms with Crippen molar-refractivity contribution < 1.29 is 19.1 Å². The second-order valence-corrected chi connectivity index (χ2v) is 6.63. The molecule has 0 atom stereocenters. The maximum Gasteiger partial charge on any atom is 0.332 e. The summed E-state index contributed by atoms with van der Waals surface area (Å²) in [7, 11) is 2.76. The third-order valence-corrected chi connectivity index (χ3v) is 4.44. The number of methoxy groups -OCH3 is 1. The fraction of sp³-hybridized carbons (Fsp3) is 0.400. The average Bonchev–Trinajstić information content (AvgIpc) is 2.68. The Morgan fingerprint density at radius 2 is 1.90 bits per heavy atom. The number of hydrogen-bond donors (Lipinski definition) is 1. The van der Waals surface area contributed by atoms with Gasteiger partial charge in [-0.05, 0) is 19.4 Å². The van der Waals surface area contributed by atoms with Crippen LogP contribution in [0.3, 0.4) is 0 Å². The summed E-state index contributed by atoms with van der Waals surface area (Å²) in [6.45, 7) is 3.31. The molecule has 2 N–H and O–H groups in total. The lowest BCUT2D eigenvalue weighted by Crippen LogP contribution is -2.43. The number of Topliss-reactive ketones (excluding diaryl/α,β-unsaturated/α-hetero) is 1. The van der Waals surface area contributed by atoms with Crippen LogP contribution in [0.1, 0.15) is 34.8 Å². The molecule has 0 fully saturated rings. The average molecular weight is 403 g/mol. The van der Waals surface area contributed by atoms with E-state index in [-0.39, 0.29) is 24.3 Å². The first-order chi connectivity index (χ1) is 13.7. The Labute approximate surface area is 167 Å². The van der Waals surface area contributed by atoms with Crippen LogP contribution in [0.15, 0.2) is 27.8 Å². The van der Waals surface area contributed by atoms with E-state index in [1.165, 1.54) is 14.2 Å². The lowest BCUT2D eigenvalue weighted by atomic mass is 10.1. The van der Waals surface area contributed by atoms with Crippen LogP contribution < -0.4 is 21.7 Å². The molecule has 0 bridgehead atoms. The molecular formula is C20H25N3O6. The van der Waals surface area contributed by atoms with Crippen molar-refractivity contribution in [2.45, 2.75) is 33.2 Å². The fourth-order valence-electron chi connectivity index (χ4n) is 2.96. The quantitative estimate of drug-likeness (QED) is 0.511. The monoisotopic (exact) mass is 403 g/mol. The number of ether oxygens (including phenoxy) is 2. The largest absolute Gasteiger partial charge is 0.496 e. The van der Waals surface area contributed by atoms with Gasteiger partial charge in [-0.15, -0.1) is 0 Å². The van der Waals surface area contributed by atoms with Gasteiger partial charge in [0.15, 0.2) is 6.61 Å². The number of carbonyl (C=O) groups is 2. The highest BCUT2D eigenvalue weighted by Crippen LogP contribution is 2.20. The smallest absolute Gasteiger partial charge is 0.332 e. The Morgan fingerprint density at radius 1 is 1.21 bits per heavy atom. The molecule has 0 aliphatic rings. The number of esters is 1. The highest BCUT2D eigenvalue weighted by Gasteiger charge is 2.22. The highest BCUT2D eigenvalue weighted by molar-refractivity contribution is 6.01. The normalized spacial score (nSPS) is 10.6. The second-order valence-electron chi connectivity index (χ2n) is 6.63. The van der Waals surface area contributed by atoms with Gasteiger partial charge in [-0.3, -0.25) is 23.5 Å². The van der Waals surface area contributed by atoms with E-state index < -0.39 is 29.6 Å². The first-order valence-electron chi connectivity index (χ1n) is 9.12. The molecule has 0 spiro atoms. The van der Waals surface area contributed by atoms with Crippen molar-refractivity contribution in [1.29, 1.82) is 0 Å². The molecule has 0 aliphatic heterocycles. The Morgan fingerprint density at radius 3 is 2.52 bits per heavy atom. The van der Waals surface area contributed by atoms with Crippen LogP contribution in [0, 0.1) is 6.92 Å². The van der Waals surface area contributed by atoms with Crippen molar-refractivity contribution in [3.8, 4) is 5.75 Å². The van der Waals surface area contributed by atoms with Gasteiger partial charge in [-0.1, -0.05) is 24.6 Å². The molecular weight excluding hydrogens is 378 g/mol. The van der Waals surface area contributed by atoms with Crippen LogP contribution in [0.4, 0.5) is 5.82 Å². The number of ketones is 1. The van der Waals surface area contributed by atoms with Crippen LogP contribution in [-0.2, 0) is 29.5 Å². The van der Waals surface area contributed by atoms with Gasteiger partial charge in [-0.2, -0.15) is 0 Å². The number of anilines is 1. The van der Waals surface area contributed by atoms with E-state index in [4.69, 9.17) is 15.2 Å². The number of nitrogens with zero attached hydrogens (tertiary/aromatic N) is 2. The lowest BCUT2D eigenvalue weighted by molar-refractivity contribution is -0.141. The van der Waals surface area contributed by atoms with Gasteiger partial charge in [0, 0.05) is 19.2 Å². The molecule has 1 heterocycles. The molecule has 0 saturated heterocycles. The van der Waals surface area contributed by atoms with Crippen LogP contribution >= 0.6 is 0 Å². The van der Waals surface area contributed by atoms with E-state index in [1.54, 1.807) is 12.1 Å². The van der Waals surface area contributed by atoms with Gasteiger partial charge in [0.2, 0.25) is 5.78 Å². The zero-order valence-corrected chi connectivity index (χ0v) is 17.0. The van der Waals surface area contributed by atoms with Crippen molar-refractivity contribution in [1.82, 2.24) is 9.13 Å². The van der Waals surface area contributed by atoms with Crippen molar-refractivity contribution >= 4 is 17.6 Å². The lowest BCUT2D eigenvalue weighted by Gasteiger charge is -2.14. The summed E-state index contributed by atoms with van der Waals surface area (Å²) in [5.74, 6) is -1.11. The second kappa shape index (κ2) is 9.22. The van der Waals surface area contributed by atoms with E-state index >= 15 is 0 Å². The van der Waals surface area contributed by atoms with Crippen LogP contribution in [0.2, 0.25) is 0 Å². The number of aromatic nitrogens is 2. The molecule has 2 aromatic rings. The fourth-order valence-corrected chi connectivity index (χ4v) is 2.96. The van der Waals surface area contributed by atoms with Crippen molar-refractivity contribution in [3.63, 3.8) is 0 Å². The zero-order chi connectivity index (χ0) is 21.7. The van der Waals surface area contributed by atoms with E-state index in [0.29, 0.717) is 17.7 Å². The zero-order valence-electron chi connectivity index (χ0n) is 17.0. The maximum atomic E-state index is 12.5. The molecule has 2 rings (SSSR count). The van der Waals surface area contributed by atoms with Crippen molar-refractivity contribution in [3.05, 3.63) is 55.7 Å². The molecule has 9 heteroatoms. The summed E-state index contributed by atoms with van der Waals surface area (Å²) < 4.78 is 12.2. The summed E-state index contributed by atoms with van der Waals surface area (Å²) in [5.41, 5.74) is 5.68. The van der Waals surface area contributed by atoms with Crippen LogP contribution in [0.5, 0.6) is 5.75 Å². The molecule has 0 saturated carbocycles. The number of hydrogen-bond acceptors (Lipinski definition) is 7. The topological polar surface area (TPSA) is 123 Å². The minimum Gasteiger partial charge on any atom is -0.496 e. The minimum absolute atomic E-state index is 0.0963. The third kappa shape index (κ3) is 4.74. The summed E-state index contributed by atoms with van der Waals surface area (Å²) in [5, 5.41) is 0. The van der Waals surface area contributed by atoms with Gasteiger partial charge < -0.3 is 15.2 Å². The van der Waals surface area contributed by atoms with Crippen LogP contribution in [-0.4, -0.2) is 34.6 Å². The number of rotatable bonds is 8. The number of nitrogen functional groups attached to an aromatic ring is 1. The van der Waals surface area contributed by atoms with Crippen molar-refractivity contribution in [2.75, 3.05) is 19.5 Å². The first kappa shape index (κ1) is 21.9. The van der Waals surface area contributed by atoms with Gasteiger partial charge in [0.25, 0.3) is 5.56 Å². The Bertz CT molecular complexity index is 1050. The number of nitrogens with two attached hydrogens (primary N) is 1. The Hall–Kier alpha value is -3.36. The first-order valence-corrected chi connectivity index (χ1v) is 9.12. The van der Waals surface area contributed by atoms with Gasteiger partial charge in [0.1, 0.15) is 17.1 Å². The molecule has 1 aromatic heterocycles. The minimum atomic E-state index is -0.818. The number of aryl methyl sites for hydroxylation is 1.